The first-order chi connectivity index (χ1) is 15.0. The predicted octanol–water partition coefficient (Wildman–Crippen LogP) is 3.07. The molecule has 2 aliphatic rings. The number of carbonyl (C=O) groups is 2. The van der Waals surface area contributed by atoms with Gasteiger partial charge in [0.1, 0.15) is 5.70 Å². The van der Waals surface area contributed by atoms with Crippen molar-refractivity contribution in [3.05, 3.63) is 29.5 Å². The number of benzene rings is 1. The Kier molecular flexibility index (Phi) is 7.96. The molecular formula is C24H34N2O5. The van der Waals surface area contributed by atoms with Crippen LogP contribution in [0.5, 0.6) is 11.5 Å². The molecule has 0 saturated carbocycles. The van der Waals surface area contributed by atoms with Gasteiger partial charge in [0.2, 0.25) is 0 Å². The summed E-state index contributed by atoms with van der Waals surface area (Å²) in [6.45, 7) is 3.92. The lowest BCUT2D eigenvalue weighted by Crippen LogP contribution is -2.40. The van der Waals surface area contributed by atoms with Gasteiger partial charge in [-0.15, -0.1) is 0 Å². The van der Waals surface area contributed by atoms with E-state index in [0.29, 0.717) is 48.0 Å². The number of piperidine rings is 1. The molecular weight excluding hydrogens is 396 g/mol. The van der Waals surface area contributed by atoms with Crippen LogP contribution in [0.3, 0.4) is 0 Å². The van der Waals surface area contributed by atoms with Crippen LogP contribution in [0.25, 0.3) is 5.57 Å². The quantitative estimate of drug-likeness (QED) is 0.454. The number of hydrogen-bond donors (Lipinski definition) is 1. The lowest BCUT2D eigenvalue weighted by molar-refractivity contribution is -0.137. The molecule has 0 bridgehead atoms. The molecule has 7 heteroatoms. The number of aliphatic hydroxyl groups excluding tert-OH is 1. The minimum Gasteiger partial charge on any atom is -0.493 e. The minimum atomic E-state index is -0.255. The third kappa shape index (κ3) is 4.87. The molecule has 1 N–H and O–H groups in total. The first kappa shape index (κ1) is 23.1. The number of rotatable bonds is 10. The van der Waals surface area contributed by atoms with Crippen LogP contribution in [0, 0.1) is 5.92 Å². The SMILES string of the molecule is CCCCCCN1C(=O)C(c2ccc(OC)c(OC)c2)=C(N2CCCC(CO)C2)C1=O. The highest BCUT2D eigenvalue weighted by Gasteiger charge is 2.42. The molecule has 1 fully saturated rings. The van der Waals surface area contributed by atoms with Crippen LogP contribution in [0.15, 0.2) is 23.9 Å². The predicted molar refractivity (Wildman–Crippen MR) is 119 cm³/mol. The molecule has 1 aromatic rings. The number of carbonyl (C=O) groups excluding carboxylic acids is 2. The van der Waals surface area contributed by atoms with E-state index in [1.807, 2.05) is 4.90 Å². The number of nitrogens with zero attached hydrogens (tertiary/aromatic N) is 2. The summed E-state index contributed by atoms with van der Waals surface area (Å²) in [5.74, 6) is 0.703. The Labute approximate surface area is 184 Å². The molecule has 2 heterocycles. The van der Waals surface area contributed by atoms with Crippen LogP contribution in [-0.2, 0) is 9.59 Å². The summed E-state index contributed by atoms with van der Waals surface area (Å²) < 4.78 is 10.8. The van der Waals surface area contributed by atoms with Gasteiger partial charge in [-0.1, -0.05) is 32.3 Å². The fourth-order valence-electron chi connectivity index (χ4n) is 4.43. The van der Waals surface area contributed by atoms with Gasteiger partial charge in [0.25, 0.3) is 11.8 Å². The third-order valence-corrected chi connectivity index (χ3v) is 6.14. The summed E-state index contributed by atoms with van der Waals surface area (Å²) >= 11 is 0. The molecule has 1 atom stereocenters. The summed E-state index contributed by atoms with van der Waals surface area (Å²) in [5, 5.41) is 9.66. The normalized spacial score (nSPS) is 19.4. The first-order valence-electron chi connectivity index (χ1n) is 11.2. The summed E-state index contributed by atoms with van der Waals surface area (Å²) in [4.78, 5) is 30.2. The Bertz CT molecular complexity index is 835. The number of methoxy groups -OCH3 is 2. The van der Waals surface area contributed by atoms with Gasteiger partial charge in [-0.3, -0.25) is 14.5 Å². The fourth-order valence-corrected chi connectivity index (χ4v) is 4.43. The van der Waals surface area contributed by atoms with Gasteiger partial charge in [-0.2, -0.15) is 0 Å². The highest BCUT2D eigenvalue weighted by atomic mass is 16.5. The van der Waals surface area contributed by atoms with Crippen molar-refractivity contribution in [1.29, 1.82) is 0 Å². The first-order valence-corrected chi connectivity index (χ1v) is 11.2. The monoisotopic (exact) mass is 430 g/mol. The van der Waals surface area contributed by atoms with Crippen LogP contribution < -0.4 is 9.47 Å². The Morgan fingerprint density at radius 2 is 1.84 bits per heavy atom. The minimum absolute atomic E-state index is 0.0817. The van der Waals surface area contributed by atoms with Crippen molar-refractivity contribution in [3.8, 4) is 11.5 Å². The largest absolute Gasteiger partial charge is 0.493 e. The molecule has 1 aromatic carbocycles. The van der Waals surface area contributed by atoms with E-state index >= 15 is 0 Å². The van der Waals surface area contributed by atoms with Crippen molar-refractivity contribution in [2.24, 2.45) is 5.92 Å². The van der Waals surface area contributed by atoms with E-state index in [1.54, 1.807) is 32.4 Å². The van der Waals surface area contributed by atoms with Crippen molar-refractivity contribution in [1.82, 2.24) is 9.80 Å². The van der Waals surface area contributed by atoms with E-state index < -0.39 is 0 Å². The molecule has 1 saturated heterocycles. The van der Waals surface area contributed by atoms with E-state index in [4.69, 9.17) is 9.47 Å². The Morgan fingerprint density at radius 1 is 1.06 bits per heavy atom. The molecule has 1 unspecified atom stereocenters. The Hall–Kier alpha value is -2.54. The maximum Gasteiger partial charge on any atom is 0.277 e. The van der Waals surface area contributed by atoms with Crippen molar-refractivity contribution in [2.45, 2.75) is 45.4 Å². The number of ether oxygens (including phenoxy) is 2. The van der Waals surface area contributed by atoms with E-state index in [2.05, 4.69) is 6.92 Å². The number of hydrogen-bond acceptors (Lipinski definition) is 6. The van der Waals surface area contributed by atoms with E-state index in [-0.39, 0.29) is 24.3 Å². The average molecular weight is 431 g/mol. The molecule has 2 aliphatic heterocycles. The molecule has 31 heavy (non-hydrogen) atoms. The van der Waals surface area contributed by atoms with Crippen molar-refractivity contribution in [3.63, 3.8) is 0 Å². The van der Waals surface area contributed by atoms with Crippen LogP contribution in [0.2, 0.25) is 0 Å². The standard InChI is InChI=1S/C24H34N2O5/c1-4-5-6-7-13-26-23(28)21(18-10-11-19(30-2)20(14-18)31-3)22(24(26)29)25-12-8-9-17(15-25)16-27/h10-11,14,17,27H,4-9,12-13,15-16H2,1-3H3. The van der Waals surface area contributed by atoms with Crippen molar-refractivity contribution >= 4 is 17.4 Å². The Morgan fingerprint density at radius 3 is 2.52 bits per heavy atom. The molecule has 0 aromatic heterocycles. The molecule has 7 nitrogen and oxygen atoms in total. The van der Waals surface area contributed by atoms with Crippen molar-refractivity contribution < 1.29 is 24.2 Å². The van der Waals surface area contributed by atoms with Gasteiger partial charge in [0.15, 0.2) is 11.5 Å². The molecule has 170 valence electrons. The smallest absolute Gasteiger partial charge is 0.277 e. The summed E-state index contributed by atoms with van der Waals surface area (Å²) in [6.07, 6.45) is 5.78. The second kappa shape index (κ2) is 10.7. The van der Waals surface area contributed by atoms with E-state index in [9.17, 15) is 14.7 Å². The van der Waals surface area contributed by atoms with Crippen LogP contribution in [0.4, 0.5) is 0 Å². The molecule has 2 amide bonds. The second-order valence-corrected chi connectivity index (χ2v) is 8.25. The van der Waals surface area contributed by atoms with Crippen LogP contribution in [0.1, 0.15) is 51.0 Å². The number of unbranched alkanes of at least 4 members (excludes halogenated alkanes) is 3. The maximum atomic E-state index is 13.4. The fraction of sp³-hybridized carbons (Fsp3) is 0.583. The molecule has 3 rings (SSSR count). The lowest BCUT2D eigenvalue weighted by atomic mass is 9.96. The zero-order valence-electron chi connectivity index (χ0n) is 18.9. The number of likely N-dealkylation sites (tertiary alicyclic amines) is 1. The van der Waals surface area contributed by atoms with Gasteiger partial charge >= 0.3 is 0 Å². The third-order valence-electron chi connectivity index (χ3n) is 6.14. The number of imide groups is 1. The van der Waals surface area contributed by atoms with Crippen LogP contribution in [-0.4, -0.2) is 67.2 Å². The zero-order chi connectivity index (χ0) is 22.4. The van der Waals surface area contributed by atoms with Gasteiger partial charge in [-0.05, 0) is 42.9 Å². The van der Waals surface area contributed by atoms with E-state index in [0.717, 1.165) is 38.5 Å². The second-order valence-electron chi connectivity index (χ2n) is 8.25. The van der Waals surface area contributed by atoms with Crippen molar-refractivity contribution in [2.75, 3.05) is 40.5 Å². The maximum absolute atomic E-state index is 13.4. The molecule has 0 radical (unpaired) electrons. The molecule has 0 spiro atoms. The highest BCUT2D eigenvalue weighted by Crippen LogP contribution is 2.37. The van der Waals surface area contributed by atoms with Gasteiger partial charge in [0.05, 0.1) is 19.8 Å². The number of amides is 2. The van der Waals surface area contributed by atoms with Gasteiger partial charge in [0, 0.05) is 26.2 Å². The zero-order valence-corrected chi connectivity index (χ0v) is 18.9. The van der Waals surface area contributed by atoms with E-state index in [1.165, 1.54) is 4.90 Å². The Balaban J connectivity index is 1.99. The van der Waals surface area contributed by atoms with Gasteiger partial charge in [-0.25, -0.2) is 0 Å². The topological polar surface area (TPSA) is 79.3 Å². The summed E-state index contributed by atoms with van der Waals surface area (Å²) in [7, 11) is 3.11. The van der Waals surface area contributed by atoms with Gasteiger partial charge < -0.3 is 19.5 Å². The average Bonchev–Trinajstić information content (AvgIpc) is 3.05. The number of aliphatic hydroxyl groups is 1. The lowest BCUT2D eigenvalue weighted by Gasteiger charge is -2.34. The molecule has 0 aliphatic carbocycles. The summed E-state index contributed by atoms with van der Waals surface area (Å²) in [6, 6.07) is 5.32. The van der Waals surface area contributed by atoms with Crippen LogP contribution >= 0.6 is 0 Å². The highest BCUT2D eigenvalue weighted by molar-refractivity contribution is 6.35. The summed E-state index contributed by atoms with van der Waals surface area (Å²) in [5.41, 5.74) is 1.51.